The van der Waals surface area contributed by atoms with Gasteiger partial charge >= 0.3 is 0 Å². The Morgan fingerprint density at radius 1 is 1.00 bits per heavy atom. The number of Topliss-reactive ketones (excluding diaryl/α,β-unsaturated/α-hetero) is 1. The number of hydrogen-bond acceptors (Lipinski definition) is 5. The minimum Gasteiger partial charge on any atom is -0.439 e. The Hall–Kier alpha value is -2.92. The van der Waals surface area contributed by atoms with E-state index in [0.29, 0.717) is 0 Å². The average Bonchev–Trinajstić information content (AvgIpc) is 3.18. The monoisotopic (exact) mass is 361 g/mol. The van der Waals surface area contributed by atoms with Crippen LogP contribution in [-0.2, 0) is 6.54 Å². The normalized spacial score (nSPS) is 15.1. The van der Waals surface area contributed by atoms with Gasteiger partial charge in [-0.25, -0.2) is 4.98 Å². The highest BCUT2D eigenvalue weighted by molar-refractivity contribution is 5.94. The van der Waals surface area contributed by atoms with E-state index in [9.17, 15) is 4.79 Å². The van der Waals surface area contributed by atoms with Crippen LogP contribution in [0, 0.1) is 0 Å². The lowest BCUT2D eigenvalue weighted by Crippen LogP contribution is -2.46. The minimum atomic E-state index is 0.104. The van der Waals surface area contributed by atoms with Gasteiger partial charge in [-0.2, -0.15) is 0 Å². The Morgan fingerprint density at radius 2 is 1.70 bits per heavy atom. The van der Waals surface area contributed by atoms with Crippen molar-refractivity contribution in [2.45, 2.75) is 13.5 Å². The molecule has 1 saturated heterocycles. The van der Waals surface area contributed by atoms with E-state index in [-0.39, 0.29) is 5.78 Å². The van der Waals surface area contributed by atoms with Crippen LogP contribution in [0.25, 0.3) is 11.3 Å². The smallest absolute Gasteiger partial charge is 0.209 e. The summed E-state index contributed by atoms with van der Waals surface area (Å²) in [4.78, 5) is 20.6. The van der Waals surface area contributed by atoms with Crippen LogP contribution in [-0.4, -0.2) is 41.8 Å². The maximum absolute atomic E-state index is 11.4. The Morgan fingerprint density at radius 3 is 2.37 bits per heavy atom. The Kier molecular flexibility index (Phi) is 5.03. The molecule has 2 heterocycles. The van der Waals surface area contributed by atoms with Crippen molar-refractivity contribution in [1.29, 1.82) is 0 Å². The lowest BCUT2D eigenvalue weighted by atomic mass is 10.1. The molecule has 0 atom stereocenters. The quantitative estimate of drug-likeness (QED) is 0.646. The number of carbonyl (C=O) groups excluding carboxylic acids is 1. The van der Waals surface area contributed by atoms with E-state index in [1.54, 1.807) is 13.1 Å². The third-order valence-electron chi connectivity index (χ3n) is 4.98. The van der Waals surface area contributed by atoms with Crippen molar-refractivity contribution in [2.75, 3.05) is 31.1 Å². The molecule has 1 aromatic heterocycles. The largest absolute Gasteiger partial charge is 0.439 e. The third kappa shape index (κ3) is 4.09. The standard InChI is InChI=1S/C22H23N3O2/c1-17(26)18-7-9-20(10-8-18)25-13-11-24(12-14-25)16-22-23-15-21(27-22)19-5-3-2-4-6-19/h2-10,15H,11-14,16H2,1H3. The molecule has 1 aliphatic rings. The second kappa shape index (κ2) is 7.76. The number of hydrogen-bond donors (Lipinski definition) is 0. The molecule has 4 rings (SSSR count). The van der Waals surface area contributed by atoms with Crippen molar-refractivity contribution >= 4 is 11.5 Å². The third-order valence-corrected chi connectivity index (χ3v) is 4.98. The molecule has 2 aromatic carbocycles. The van der Waals surface area contributed by atoms with Crippen molar-refractivity contribution in [3.63, 3.8) is 0 Å². The highest BCUT2D eigenvalue weighted by Gasteiger charge is 2.19. The summed E-state index contributed by atoms with van der Waals surface area (Å²) in [5, 5.41) is 0. The predicted molar refractivity (Wildman–Crippen MR) is 106 cm³/mol. The topological polar surface area (TPSA) is 49.6 Å². The Bertz CT molecular complexity index is 895. The van der Waals surface area contributed by atoms with Gasteiger partial charge in [-0.05, 0) is 31.2 Å². The molecule has 5 nitrogen and oxygen atoms in total. The first-order valence-corrected chi connectivity index (χ1v) is 9.27. The summed E-state index contributed by atoms with van der Waals surface area (Å²) in [5.74, 6) is 1.68. The van der Waals surface area contributed by atoms with Crippen LogP contribution in [0.1, 0.15) is 23.2 Å². The summed E-state index contributed by atoms with van der Waals surface area (Å²) in [6.45, 7) is 6.13. The van der Waals surface area contributed by atoms with Crippen LogP contribution < -0.4 is 4.90 Å². The summed E-state index contributed by atoms with van der Waals surface area (Å²) < 4.78 is 5.92. The number of carbonyl (C=O) groups is 1. The number of piperazine rings is 1. The number of rotatable bonds is 5. The lowest BCUT2D eigenvalue weighted by molar-refractivity contribution is 0.101. The van der Waals surface area contributed by atoms with Gasteiger partial charge in [0.1, 0.15) is 0 Å². The fraction of sp³-hybridized carbons (Fsp3) is 0.273. The number of anilines is 1. The molecule has 0 saturated carbocycles. The molecule has 0 spiro atoms. The van der Waals surface area contributed by atoms with Gasteiger partial charge in [0.25, 0.3) is 0 Å². The van der Waals surface area contributed by atoms with Gasteiger partial charge in [-0.15, -0.1) is 0 Å². The molecule has 138 valence electrons. The zero-order valence-electron chi connectivity index (χ0n) is 15.5. The van der Waals surface area contributed by atoms with Crippen LogP contribution in [0.4, 0.5) is 5.69 Å². The van der Waals surface area contributed by atoms with E-state index < -0.39 is 0 Å². The minimum absolute atomic E-state index is 0.104. The van der Waals surface area contributed by atoms with Crippen LogP contribution in [0.2, 0.25) is 0 Å². The number of benzene rings is 2. The molecule has 0 unspecified atom stereocenters. The van der Waals surface area contributed by atoms with Crippen molar-refractivity contribution in [1.82, 2.24) is 9.88 Å². The summed E-state index contributed by atoms with van der Waals surface area (Å²) in [7, 11) is 0. The van der Waals surface area contributed by atoms with E-state index in [0.717, 1.165) is 55.5 Å². The highest BCUT2D eigenvalue weighted by Crippen LogP contribution is 2.22. The second-order valence-corrected chi connectivity index (χ2v) is 6.85. The molecule has 1 fully saturated rings. The highest BCUT2D eigenvalue weighted by atomic mass is 16.4. The predicted octanol–water partition coefficient (Wildman–Crippen LogP) is 3.87. The Balaban J connectivity index is 1.33. The maximum Gasteiger partial charge on any atom is 0.209 e. The second-order valence-electron chi connectivity index (χ2n) is 6.85. The van der Waals surface area contributed by atoms with Crippen molar-refractivity contribution in [2.24, 2.45) is 0 Å². The van der Waals surface area contributed by atoms with Crippen molar-refractivity contribution < 1.29 is 9.21 Å². The molecular formula is C22H23N3O2. The molecule has 27 heavy (non-hydrogen) atoms. The number of nitrogens with zero attached hydrogens (tertiary/aromatic N) is 3. The van der Waals surface area contributed by atoms with E-state index in [2.05, 4.69) is 14.8 Å². The molecule has 3 aromatic rings. The summed E-state index contributed by atoms with van der Waals surface area (Å²) in [5.41, 5.74) is 2.98. The van der Waals surface area contributed by atoms with Gasteiger partial charge in [0.15, 0.2) is 11.5 Å². The van der Waals surface area contributed by atoms with Crippen molar-refractivity contribution in [3.8, 4) is 11.3 Å². The van der Waals surface area contributed by atoms with Gasteiger partial charge in [0.2, 0.25) is 5.89 Å². The Labute approximate surface area is 159 Å². The first kappa shape index (κ1) is 17.5. The number of oxazole rings is 1. The van der Waals surface area contributed by atoms with Gasteiger partial charge in [0, 0.05) is 43.0 Å². The van der Waals surface area contributed by atoms with E-state index >= 15 is 0 Å². The van der Waals surface area contributed by atoms with E-state index in [1.807, 2.05) is 54.6 Å². The fourth-order valence-electron chi connectivity index (χ4n) is 3.38. The SMILES string of the molecule is CC(=O)c1ccc(N2CCN(Cc3ncc(-c4ccccc4)o3)CC2)cc1. The van der Waals surface area contributed by atoms with Crippen LogP contribution in [0.5, 0.6) is 0 Å². The molecule has 5 heteroatoms. The van der Waals surface area contributed by atoms with E-state index in [4.69, 9.17) is 4.42 Å². The van der Waals surface area contributed by atoms with Crippen LogP contribution in [0.3, 0.4) is 0 Å². The summed E-state index contributed by atoms with van der Waals surface area (Å²) in [6, 6.07) is 17.9. The number of aromatic nitrogens is 1. The zero-order valence-corrected chi connectivity index (χ0v) is 15.5. The van der Waals surface area contributed by atoms with Gasteiger partial charge in [-0.3, -0.25) is 9.69 Å². The van der Waals surface area contributed by atoms with Crippen LogP contribution >= 0.6 is 0 Å². The van der Waals surface area contributed by atoms with Gasteiger partial charge < -0.3 is 9.32 Å². The molecule has 0 radical (unpaired) electrons. The molecule has 1 aliphatic heterocycles. The molecule has 0 N–H and O–H groups in total. The maximum atomic E-state index is 11.4. The van der Waals surface area contributed by atoms with Crippen molar-refractivity contribution in [3.05, 3.63) is 72.2 Å². The first-order valence-electron chi connectivity index (χ1n) is 9.27. The molecular weight excluding hydrogens is 338 g/mol. The summed E-state index contributed by atoms with van der Waals surface area (Å²) in [6.07, 6.45) is 1.80. The van der Waals surface area contributed by atoms with Crippen LogP contribution in [0.15, 0.2) is 65.2 Å². The number of ketones is 1. The summed E-state index contributed by atoms with van der Waals surface area (Å²) >= 11 is 0. The molecule has 0 aliphatic carbocycles. The molecule has 0 bridgehead atoms. The van der Waals surface area contributed by atoms with Gasteiger partial charge in [0.05, 0.1) is 12.7 Å². The average molecular weight is 361 g/mol. The van der Waals surface area contributed by atoms with E-state index in [1.165, 1.54) is 5.69 Å². The molecule has 0 amide bonds. The first-order chi connectivity index (χ1) is 13.2. The van der Waals surface area contributed by atoms with Gasteiger partial charge in [-0.1, -0.05) is 30.3 Å². The lowest BCUT2D eigenvalue weighted by Gasteiger charge is -2.35. The zero-order chi connectivity index (χ0) is 18.6. The fourth-order valence-corrected chi connectivity index (χ4v) is 3.38.